The molecule has 0 radical (unpaired) electrons. The molecule has 2 aromatic carbocycles. The lowest BCUT2D eigenvalue weighted by Gasteiger charge is -2.10. The molecular formula is C13H12F2N2O3S. The molecule has 0 aliphatic rings. The summed E-state index contributed by atoms with van der Waals surface area (Å²) in [5, 5.41) is 0. The zero-order valence-electron chi connectivity index (χ0n) is 10.7. The van der Waals surface area contributed by atoms with Crippen molar-refractivity contribution in [3.8, 4) is 5.75 Å². The first kappa shape index (κ1) is 15.0. The van der Waals surface area contributed by atoms with E-state index >= 15 is 0 Å². The molecule has 0 aliphatic heterocycles. The van der Waals surface area contributed by atoms with Gasteiger partial charge in [-0.2, -0.15) is 8.78 Å². The van der Waals surface area contributed by atoms with Crippen molar-refractivity contribution in [2.75, 3.05) is 10.5 Å². The molecule has 3 N–H and O–H groups in total. The monoisotopic (exact) mass is 314 g/mol. The molecule has 112 valence electrons. The zero-order chi connectivity index (χ0) is 15.5. The van der Waals surface area contributed by atoms with E-state index in [1.165, 1.54) is 36.4 Å². The third-order valence-corrected chi connectivity index (χ3v) is 4.00. The molecule has 0 spiro atoms. The molecular weight excluding hydrogens is 302 g/mol. The summed E-state index contributed by atoms with van der Waals surface area (Å²) in [5.41, 5.74) is 5.94. The van der Waals surface area contributed by atoms with Crippen molar-refractivity contribution in [2.24, 2.45) is 0 Å². The number of nitrogens with two attached hydrogens (primary N) is 1. The van der Waals surface area contributed by atoms with Gasteiger partial charge in [0.15, 0.2) is 0 Å². The number of hydrogen-bond donors (Lipinski definition) is 2. The van der Waals surface area contributed by atoms with Gasteiger partial charge in [-0.1, -0.05) is 12.1 Å². The first-order chi connectivity index (χ1) is 9.88. The third-order valence-electron chi connectivity index (χ3n) is 2.54. The Morgan fingerprint density at radius 3 is 2.24 bits per heavy atom. The van der Waals surface area contributed by atoms with Crippen LogP contribution in [-0.2, 0) is 10.0 Å². The summed E-state index contributed by atoms with van der Waals surface area (Å²) in [7, 11) is -3.84. The van der Waals surface area contributed by atoms with Crippen molar-refractivity contribution in [2.45, 2.75) is 11.5 Å². The molecule has 5 nitrogen and oxygen atoms in total. The van der Waals surface area contributed by atoms with Crippen LogP contribution in [0.15, 0.2) is 53.4 Å². The highest BCUT2D eigenvalue weighted by molar-refractivity contribution is 7.92. The van der Waals surface area contributed by atoms with Crippen molar-refractivity contribution >= 4 is 21.4 Å². The summed E-state index contributed by atoms with van der Waals surface area (Å²) in [6, 6.07) is 11.1. The Morgan fingerprint density at radius 2 is 1.67 bits per heavy atom. The van der Waals surface area contributed by atoms with Crippen LogP contribution in [0.5, 0.6) is 5.75 Å². The van der Waals surface area contributed by atoms with Gasteiger partial charge in [0.2, 0.25) is 0 Å². The highest BCUT2D eigenvalue weighted by atomic mass is 32.2. The van der Waals surface area contributed by atoms with Crippen molar-refractivity contribution in [1.29, 1.82) is 0 Å². The number of benzene rings is 2. The normalized spacial score (nSPS) is 11.4. The summed E-state index contributed by atoms with van der Waals surface area (Å²) in [5.74, 6) is -0.0628. The highest BCUT2D eigenvalue weighted by Crippen LogP contribution is 2.23. The minimum atomic E-state index is -3.84. The molecule has 0 bridgehead atoms. The molecule has 0 saturated carbocycles. The summed E-state index contributed by atoms with van der Waals surface area (Å²) >= 11 is 0. The van der Waals surface area contributed by atoms with Crippen LogP contribution in [0.1, 0.15) is 0 Å². The Hall–Kier alpha value is -2.35. The Morgan fingerprint density at radius 1 is 1.05 bits per heavy atom. The molecule has 2 rings (SSSR count). The minimum Gasteiger partial charge on any atom is -0.435 e. The molecule has 0 aliphatic carbocycles. The average molecular weight is 314 g/mol. The van der Waals surface area contributed by atoms with E-state index in [9.17, 15) is 17.2 Å². The van der Waals surface area contributed by atoms with Gasteiger partial charge in [0, 0.05) is 5.69 Å². The molecule has 21 heavy (non-hydrogen) atoms. The summed E-state index contributed by atoms with van der Waals surface area (Å²) < 4.78 is 54.8. The van der Waals surface area contributed by atoms with Crippen molar-refractivity contribution in [3.05, 3.63) is 48.5 Å². The van der Waals surface area contributed by atoms with Gasteiger partial charge >= 0.3 is 6.61 Å². The van der Waals surface area contributed by atoms with Gasteiger partial charge < -0.3 is 10.5 Å². The maximum absolute atomic E-state index is 12.1. The number of nitrogens with one attached hydrogen (secondary N) is 1. The van der Waals surface area contributed by atoms with Gasteiger partial charge in [-0.25, -0.2) is 8.42 Å². The van der Waals surface area contributed by atoms with Crippen LogP contribution in [-0.4, -0.2) is 15.0 Å². The highest BCUT2D eigenvalue weighted by Gasteiger charge is 2.17. The Bertz CT molecular complexity index is 718. The number of sulfonamides is 1. The van der Waals surface area contributed by atoms with Crippen molar-refractivity contribution < 1.29 is 21.9 Å². The predicted molar refractivity (Wildman–Crippen MR) is 74.7 cm³/mol. The number of anilines is 2. The van der Waals surface area contributed by atoms with E-state index in [0.29, 0.717) is 0 Å². The van der Waals surface area contributed by atoms with E-state index in [-0.39, 0.29) is 22.0 Å². The maximum atomic E-state index is 12.1. The van der Waals surface area contributed by atoms with Crippen LogP contribution in [0.4, 0.5) is 20.2 Å². The molecule has 0 fully saturated rings. The molecule has 0 aromatic heterocycles. The van der Waals surface area contributed by atoms with Crippen molar-refractivity contribution in [3.63, 3.8) is 0 Å². The van der Waals surface area contributed by atoms with Crippen molar-refractivity contribution in [1.82, 2.24) is 0 Å². The standard InChI is InChI=1S/C13H12F2N2O3S/c14-13(15)20-10-7-5-9(6-8-10)17-21(18,19)12-4-2-1-3-11(12)16/h1-8,13,17H,16H2. The largest absolute Gasteiger partial charge is 0.435 e. The van der Waals surface area contributed by atoms with E-state index in [0.717, 1.165) is 0 Å². The van der Waals surface area contributed by atoms with Gasteiger partial charge in [0.05, 0.1) is 5.69 Å². The maximum Gasteiger partial charge on any atom is 0.387 e. The fourth-order valence-electron chi connectivity index (χ4n) is 1.64. The lowest BCUT2D eigenvalue weighted by Crippen LogP contribution is -2.14. The number of hydrogen-bond acceptors (Lipinski definition) is 4. The van der Waals surface area contributed by atoms with E-state index in [2.05, 4.69) is 9.46 Å². The van der Waals surface area contributed by atoms with Gasteiger partial charge in [-0.15, -0.1) is 0 Å². The average Bonchev–Trinajstić information content (AvgIpc) is 2.40. The molecule has 8 heteroatoms. The molecule has 0 amide bonds. The first-order valence-corrected chi connectivity index (χ1v) is 7.29. The number of halogens is 2. The molecule has 0 atom stereocenters. The number of nitrogen functional groups attached to an aromatic ring is 1. The number of alkyl halides is 2. The predicted octanol–water partition coefficient (Wildman–Crippen LogP) is 2.67. The lowest BCUT2D eigenvalue weighted by molar-refractivity contribution is -0.0498. The first-order valence-electron chi connectivity index (χ1n) is 5.81. The fraction of sp³-hybridized carbons (Fsp3) is 0.0769. The fourth-order valence-corrected chi connectivity index (χ4v) is 2.83. The van der Waals surface area contributed by atoms with Gasteiger partial charge in [-0.05, 0) is 36.4 Å². The van der Waals surface area contributed by atoms with E-state index in [1.807, 2.05) is 0 Å². The Balaban J connectivity index is 2.19. The van der Waals surface area contributed by atoms with Crippen LogP contribution in [0.2, 0.25) is 0 Å². The van der Waals surface area contributed by atoms with Gasteiger partial charge in [0.1, 0.15) is 10.6 Å². The van der Waals surface area contributed by atoms with Gasteiger partial charge in [-0.3, -0.25) is 4.72 Å². The zero-order valence-corrected chi connectivity index (χ0v) is 11.5. The topological polar surface area (TPSA) is 81.4 Å². The lowest BCUT2D eigenvalue weighted by atomic mass is 10.3. The van der Waals surface area contributed by atoms with E-state index in [4.69, 9.17) is 5.73 Å². The van der Waals surface area contributed by atoms with Crippen LogP contribution in [0.25, 0.3) is 0 Å². The number of ether oxygens (including phenoxy) is 1. The van der Waals surface area contributed by atoms with E-state index < -0.39 is 16.6 Å². The smallest absolute Gasteiger partial charge is 0.387 e. The molecule has 0 heterocycles. The van der Waals surface area contributed by atoms with Gasteiger partial charge in [0.25, 0.3) is 10.0 Å². The Kier molecular flexibility index (Phi) is 4.27. The Labute approximate surface area is 120 Å². The summed E-state index contributed by atoms with van der Waals surface area (Å²) in [6.45, 7) is -2.93. The molecule has 0 unspecified atom stereocenters. The SMILES string of the molecule is Nc1ccccc1S(=O)(=O)Nc1ccc(OC(F)F)cc1. The van der Waals surface area contributed by atoms with E-state index in [1.54, 1.807) is 12.1 Å². The minimum absolute atomic E-state index is 0.0575. The number of para-hydroxylation sites is 1. The second-order valence-corrected chi connectivity index (χ2v) is 5.70. The second-order valence-electron chi connectivity index (χ2n) is 4.05. The summed E-state index contributed by atoms with van der Waals surface area (Å²) in [4.78, 5) is -0.0575. The molecule has 2 aromatic rings. The van der Waals surface area contributed by atoms with Crippen LogP contribution >= 0.6 is 0 Å². The third kappa shape index (κ3) is 3.82. The molecule has 0 saturated heterocycles. The summed E-state index contributed by atoms with van der Waals surface area (Å²) in [6.07, 6.45) is 0. The van der Waals surface area contributed by atoms with Crippen LogP contribution in [0, 0.1) is 0 Å². The second kappa shape index (κ2) is 5.96. The number of rotatable bonds is 5. The quantitative estimate of drug-likeness (QED) is 0.831. The van der Waals surface area contributed by atoms with Crippen LogP contribution in [0.3, 0.4) is 0 Å². The van der Waals surface area contributed by atoms with Crippen LogP contribution < -0.4 is 15.2 Å².